The standard InChI is InChI=1S/C19H22F2N2O2/c1-13(16-8-7-15(20)11-17(16)21)23-12-19(24)22-10-9-14-5-3-4-6-18(14)25-2/h3-8,11,13,23H,9-10,12H2,1-2H3,(H,22,24)/t13-/m1/s1. The van der Waals surface area contributed by atoms with E-state index in [1.807, 2.05) is 24.3 Å². The number of hydrogen-bond acceptors (Lipinski definition) is 3. The van der Waals surface area contributed by atoms with Gasteiger partial charge in [-0.2, -0.15) is 0 Å². The van der Waals surface area contributed by atoms with E-state index in [2.05, 4.69) is 10.6 Å². The van der Waals surface area contributed by atoms with Crippen LogP contribution in [-0.4, -0.2) is 26.1 Å². The highest BCUT2D eigenvalue weighted by molar-refractivity contribution is 5.78. The molecule has 2 N–H and O–H groups in total. The third-order valence-corrected chi connectivity index (χ3v) is 3.91. The van der Waals surface area contributed by atoms with Gasteiger partial charge in [-0.1, -0.05) is 24.3 Å². The maximum absolute atomic E-state index is 13.7. The average Bonchev–Trinajstić information content (AvgIpc) is 2.60. The second-order valence-corrected chi connectivity index (χ2v) is 5.68. The van der Waals surface area contributed by atoms with Crippen LogP contribution in [0.4, 0.5) is 8.78 Å². The monoisotopic (exact) mass is 348 g/mol. The molecule has 0 aromatic heterocycles. The molecule has 1 atom stereocenters. The second-order valence-electron chi connectivity index (χ2n) is 5.68. The molecule has 0 saturated heterocycles. The first kappa shape index (κ1) is 18.9. The molecular formula is C19H22F2N2O2. The summed E-state index contributed by atoms with van der Waals surface area (Å²) in [4.78, 5) is 11.9. The summed E-state index contributed by atoms with van der Waals surface area (Å²) in [7, 11) is 1.61. The van der Waals surface area contributed by atoms with Crippen LogP contribution in [0.25, 0.3) is 0 Å². The van der Waals surface area contributed by atoms with Crippen molar-refractivity contribution in [3.63, 3.8) is 0 Å². The van der Waals surface area contributed by atoms with Crippen molar-refractivity contribution in [3.8, 4) is 5.75 Å². The molecule has 0 spiro atoms. The summed E-state index contributed by atoms with van der Waals surface area (Å²) in [6.45, 7) is 2.24. The summed E-state index contributed by atoms with van der Waals surface area (Å²) in [6.07, 6.45) is 0.651. The maximum Gasteiger partial charge on any atom is 0.233 e. The SMILES string of the molecule is COc1ccccc1CCNC(=O)CN[C@H](C)c1ccc(F)cc1F. The van der Waals surface area contributed by atoms with E-state index in [0.29, 0.717) is 18.5 Å². The average molecular weight is 348 g/mol. The molecule has 0 fully saturated rings. The lowest BCUT2D eigenvalue weighted by molar-refractivity contribution is -0.120. The number of carbonyl (C=O) groups excluding carboxylic acids is 1. The molecule has 0 heterocycles. The smallest absolute Gasteiger partial charge is 0.233 e. The zero-order chi connectivity index (χ0) is 18.2. The first-order valence-electron chi connectivity index (χ1n) is 8.08. The van der Waals surface area contributed by atoms with Crippen molar-refractivity contribution in [1.82, 2.24) is 10.6 Å². The lowest BCUT2D eigenvalue weighted by atomic mass is 10.1. The van der Waals surface area contributed by atoms with Gasteiger partial charge in [0.15, 0.2) is 0 Å². The number of rotatable bonds is 8. The van der Waals surface area contributed by atoms with Crippen LogP contribution in [0, 0.1) is 11.6 Å². The topological polar surface area (TPSA) is 50.4 Å². The molecule has 0 aliphatic carbocycles. The Bertz CT molecular complexity index is 722. The fraction of sp³-hybridized carbons (Fsp3) is 0.316. The number of carbonyl (C=O) groups is 1. The number of benzene rings is 2. The summed E-state index contributed by atoms with van der Waals surface area (Å²) >= 11 is 0. The first-order chi connectivity index (χ1) is 12.0. The zero-order valence-corrected chi connectivity index (χ0v) is 14.3. The van der Waals surface area contributed by atoms with Crippen LogP contribution in [0.5, 0.6) is 5.75 Å². The van der Waals surface area contributed by atoms with Crippen LogP contribution in [0.1, 0.15) is 24.1 Å². The van der Waals surface area contributed by atoms with Crippen molar-refractivity contribution in [2.45, 2.75) is 19.4 Å². The summed E-state index contributed by atoms with van der Waals surface area (Å²) in [5, 5.41) is 5.73. The van der Waals surface area contributed by atoms with Crippen LogP contribution in [-0.2, 0) is 11.2 Å². The van der Waals surface area contributed by atoms with Crippen LogP contribution >= 0.6 is 0 Å². The number of hydrogen-bond donors (Lipinski definition) is 2. The third kappa shape index (κ3) is 5.53. The molecule has 134 valence electrons. The Balaban J connectivity index is 1.77. The number of ether oxygens (including phenoxy) is 1. The first-order valence-corrected chi connectivity index (χ1v) is 8.08. The summed E-state index contributed by atoms with van der Waals surface area (Å²) in [5.74, 6) is -0.654. The minimum absolute atomic E-state index is 0.0455. The molecule has 0 radical (unpaired) electrons. The van der Waals surface area contributed by atoms with Gasteiger partial charge in [0.2, 0.25) is 5.91 Å². The summed E-state index contributed by atoms with van der Waals surface area (Å²) in [5.41, 5.74) is 1.34. The van der Waals surface area contributed by atoms with Crippen LogP contribution in [0.15, 0.2) is 42.5 Å². The van der Waals surface area contributed by atoms with Gasteiger partial charge in [0, 0.05) is 24.2 Å². The molecule has 2 aromatic rings. The van der Waals surface area contributed by atoms with Crippen molar-refractivity contribution in [2.75, 3.05) is 20.2 Å². The van der Waals surface area contributed by atoms with E-state index in [1.165, 1.54) is 12.1 Å². The Morgan fingerprint density at radius 3 is 2.68 bits per heavy atom. The number of methoxy groups -OCH3 is 1. The Morgan fingerprint density at radius 1 is 1.20 bits per heavy atom. The number of para-hydroxylation sites is 1. The molecule has 2 aromatic carbocycles. The fourth-order valence-electron chi connectivity index (χ4n) is 2.52. The molecule has 6 heteroatoms. The molecule has 4 nitrogen and oxygen atoms in total. The number of nitrogens with one attached hydrogen (secondary N) is 2. The lowest BCUT2D eigenvalue weighted by Gasteiger charge is -2.15. The van der Waals surface area contributed by atoms with Gasteiger partial charge in [0.05, 0.1) is 13.7 Å². The normalized spacial score (nSPS) is 11.8. The highest BCUT2D eigenvalue weighted by Gasteiger charge is 2.12. The quantitative estimate of drug-likeness (QED) is 0.771. The van der Waals surface area contributed by atoms with E-state index in [9.17, 15) is 13.6 Å². The molecule has 0 aliphatic heterocycles. The lowest BCUT2D eigenvalue weighted by Crippen LogP contribution is -2.36. The number of halogens is 2. The van der Waals surface area contributed by atoms with E-state index in [-0.39, 0.29) is 12.5 Å². The predicted octanol–water partition coefficient (Wildman–Crippen LogP) is 2.98. The minimum Gasteiger partial charge on any atom is -0.496 e. The van der Waals surface area contributed by atoms with E-state index >= 15 is 0 Å². The van der Waals surface area contributed by atoms with Gasteiger partial charge in [-0.3, -0.25) is 4.79 Å². The summed E-state index contributed by atoms with van der Waals surface area (Å²) in [6, 6.07) is 10.6. The van der Waals surface area contributed by atoms with E-state index < -0.39 is 17.7 Å². The highest BCUT2D eigenvalue weighted by Crippen LogP contribution is 2.18. The number of amides is 1. The Morgan fingerprint density at radius 2 is 1.96 bits per heavy atom. The van der Waals surface area contributed by atoms with Crippen molar-refractivity contribution < 1.29 is 18.3 Å². The van der Waals surface area contributed by atoms with Crippen molar-refractivity contribution >= 4 is 5.91 Å². The van der Waals surface area contributed by atoms with E-state index in [4.69, 9.17) is 4.74 Å². The van der Waals surface area contributed by atoms with E-state index in [1.54, 1.807) is 14.0 Å². The van der Waals surface area contributed by atoms with Gasteiger partial charge in [0.25, 0.3) is 0 Å². The van der Waals surface area contributed by atoms with Crippen molar-refractivity contribution in [2.24, 2.45) is 0 Å². The molecule has 0 aliphatic rings. The molecule has 25 heavy (non-hydrogen) atoms. The molecule has 0 bridgehead atoms. The predicted molar refractivity (Wildman–Crippen MR) is 92.5 cm³/mol. The Kier molecular flexibility index (Phi) is 6.89. The minimum atomic E-state index is -0.628. The van der Waals surface area contributed by atoms with Gasteiger partial charge in [-0.25, -0.2) is 8.78 Å². The van der Waals surface area contributed by atoms with Crippen LogP contribution < -0.4 is 15.4 Å². The van der Waals surface area contributed by atoms with Crippen LogP contribution in [0.2, 0.25) is 0 Å². The van der Waals surface area contributed by atoms with Crippen molar-refractivity contribution in [3.05, 3.63) is 65.2 Å². The molecule has 1 amide bonds. The van der Waals surface area contributed by atoms with Crippen molar-refractivity contribution in [1.29, 1.82) is 0 Å². The summed E-state index contributed by atoms with van der Waals surface area (Å²) < 4.78 is 31.9. The maximum atomic E-state index is 13.7. The Labute approximate surface area is 146 Å². The zero-order valence-electron chi connectivity index (χ0n) is 14.3. The van der Waals surface area contributed by atoms with Gasteiger partial charge >= 0.3 is 0 Å². The molecule has 2 rings (SSSR count). The van der Waals surface area contributed by atoms with Gasteiger partial charge in [-0.15, -0.1) is 0 Å². The highest BCUT2D eigenvalue weighted by atomic mass is 19.1. The molecule has 0 unspecified atom stereocenters. The van der Waals surface area contributed by atoms with Gasteiger partial charge in [0.1, 0.15) is 17.4 Å². The largest absolute Gasteiger partial charge is 0.496 e. The second kappa shape index (κ2) is 9.13. The van der Waals surface area contributed by atoms with Crippen LogP contribution in [0.3, 0.4) is 0 Å². The Hall–Kier alpha value is -2.47. The molecular weight excluding hydrogens is 326 g/mol. The van der Waals surface area contributed by atoms with Gasteiger partial charge in [-0.05, 0) is 31.0 Å². The van der Waals surface area contributed by atoms with Gasteiger partial charge < -0.3 is 15.4 Å². The van der Waals surface area contributed by atoms with E-state index in [0.717, 1.165) is 17.4 Å². The fourth-order valence-corrected chi connectivity index (χ4v) is 2.52. The third-order valence-electron chi connectivity index (χ3n) is 3.91. The molecule has 0 saturated carbocycles.